The molecule has 1 aliphatic rings. The highest BCUT2D eigenvalue weighted by molar-refractivity contribution is 6.30. The zero-order valence-corrected chi connectivity index (χ0v) is 16.9. The van der Waals surface area contributed by atoms with Crippen LogP contribution in [0.4, 0.5) is 10.2 Å². The van der Waals surface area contributed by atoms with Crippen LogP contribution < -0.4 is 10.5 Å². The molecule has 1 aromatic carbocycles. The lowest BCUT2D eigenvalue weighted by molar-refractivity contribution is 0.631. The monoisotopic (exact) mass is 421 g/mol. The van der Waals surface area contributed by atoms with Gasteiger partial charge in [0.2, 0.25) is 0 Å². The molecule has 0 N–H and O–H groups in total. The second kappa shape index (κ2) is 7.18. The average molecular weight is 422 g/mol. The standard InChI is InChI=1S/C22H17ClFN5O/c1-28-12-26-20-17(22(28)30)9-19(27-21(20)16-3-2-15(23)8-18(16)24)29-7-5-13-4-6-25-10-14(13)11-29/h2-4,6,8-10,12H,5,7,11H2,1H3. The molecule has 1 aliphatic heterocycles. The summed E-state index contributed by atoms with van der Waals surface area (Å²) in [5.41, 5.74) is 3.10. The Morgan fingerprint density at radius 2 is 2.03 bits per heavy atom. The van der Waals surface area contributed by atoms with Gasteiger partial charge in [-0.1, -0.05) is 11.6 Å². The fourth-order valence-electron chi connectivity index (χ4n) is 3.81. The van der Waals surface area contributed by atoms with Crippen LogP contribution in [0.3, 0.4) is 0 Å². The van der Waals surface area contributed by atoms with Gasteiger partial charge in [-0.2, -0.15) is 0 Å². The van der Waals surface area contributed by atoms with Crippen LogP contribution in [0.15, 0.2) is 53.8 Å². The average Bonchev–Trinajstić information content (AvgIpc) is 2.75. The SMILES string of the molecule is Cn1cnc2c(-c3ccc(Cl)cc3F)nc(N3CCc4ccncc4C3)cc2c1=O. The van der Waals surface area contributed by atoms with E-state index in [0.717, 1.165) is 18.5 Å². The van der Waals surface area contributed by atoms with Crippen molar-refractivity contribution in [3.8, 4) is 11.3 Å². The number of fused-ring (bicyclic) bond motifs is 2. The van der Waals surface area contributed by atoms with Crippen LogP contribution in [0.25, 0.3) is 22.2 Å². The minimum Gasteiger partial charge on any atom is -0.352 e. The molecular weight excluding hydrogens is 405 g/mol. The van der Waals surface area contributed by atoms with E-state index in [1.165, 1.54) is 22.5 Å². The molecular formula is C22H17ClFN5O. The number of aryl methyl sites for hydroxylation is 1. The van der Waals surface area contributed by atoms with E-state index < -0.39 is 5.82 Å². The van der Waals surface area contributed by atoms with E-state index in [-0.39, 0.29) is 11.1 Å². The largest absolute Gasteiger partial charge is 0.352 e. The Morgan fingerprint density at radius 1 is 1.17 bits per heavy atom. The van der Waals surface area contributed by atoms with Crippen LogP contribution in [0.5, 0.6) is 0 Å². The van der Waals surface area contributed by atoms with Crippen molar-refractivity contribution in [2.75, 3.05) is 11.4 Å². The Labute approximate surface area is 176 Å². The smallest absolute Gasteiger partial charge is 0.261 e. The molecule has 0 saturated heterocycles. The molecule has 5 rings (SSSR count). The molecule has 0 bridgehead atoms. The Morgan fingerprint density at radius 3 is 2.87 bits per heavy atom. The molecule has 0 unspecified atom stereocenters. The second-order valence-corrected chi connectivity index (χ2v) is 7.76. The highest BCUT2D eigenvalue weighted by Gasteiger charge is 2.22. The number of anilines is 1. The first-order valence-electron chi connectivity index (χ1n) is 9.50. The van der Waals surface area contributed by atoms with Gasteiger partial charge in [0.25, 0.3) is 5.56 Å². The highest BCUT2D eigenvalue weighted by atomic mass is 35.5. The summed E-state index contributed by atoms with van der Waals surface area (Å²) in [6.07, 6.45) is 5.90. The van der Waals surface area contributed by atoms with Gasteiger partial charge in [0.1, 0.15) is 22.8 Å². The topological polar surface area (TPSA) is 63.9 Å². The van der Waals surface area contributed by atoms with E-state index >= 15 is 0 Å². The van der Waals surface area contributed by atoms with Gasteiger partial charge in [0.05, 0.1) is 11.7 Å². The van der Waals surface area contributed by atoms with Gasteiger partial charge in [-0.3, -0.25) is 9.78 Å². The van der Waals surface area contributed by atoms with E-state index in [0.29, 0.717) is 34.0 Å². The van der Waals surface area contributed by atoms with Crippen LogP contribution in [0.1, 0.15) is 11.1 Å². The summed E-state index contributed by atoms with van der Waals surface area (Å²) in [5.74, 6) is 0.0931. The van der Waals surface area contributed by atoms with Gasteiger partial charge >= 0.3 is 0 Å². The Balaban J connectivity index is 1.72. The molecule has 150 valence electrons. The number of benzene rings is 1. The van der Waals surface area contributed by atoms with Crippen molar-refractivity contribution in [2.24, 2.45) is 7.05 Å². The van der Waals surface area contributed by atoms with E-state index in [1.54, 1.807) is 31.4 Å². The van der Waals surface area contributed by atoms with Crippen LogP contribution >= 0.6 is 11.6 Å². The third-order valence-electron chi connectivity index (χ3n) is 5.42. The van der Waals surface area contributed by atoms with Crippen molar-refractivity contribution >= 4 is 28.3 Å². The normalized spacial score (nSPS) is 13.5. The molecule has 0 fully saturated rings. The zero-order valence-electron chi connectivity index (χ0n) is 16.1. The molecule has 0 radical (unpaired) electrons. The van der Waals surface area contributed by atoms with Crippen molar-refractivity contribution in [2.45, 2.75) is 13.0 Å². The number of halogens is 2. The minimum atomic E-state index is -0.510. The molecule has 0 amide bonds. The first-order valence-corrected chi connectivity index (χ1v) is 9.87. The number of nitrogens with zero attached hydrogens (tertiary/aromatic N) is 5. The van der Waals surface area contributed by atoms with E-state index in [9.17, 15) is 9.18 Å². The lowest BCUT2D eigenvalue weighted by atomic mass is 10.0. The fourth-order valence-corrected chi connectivity index (χ4v) is 3.97. The summed E-state index contributed by atoms with van der Waals surface area (Å²) in [7, 11) is 1.64. The lowest BCUT2D eigenvalue weighted by Gasteiger charge is -2.30. The molecule has 0 spiro atoms. The van der Waals surface area contributed by atoms with E-state index in [1.807, 2.05) is 12.3 Å². The summed E-state index contributed by atoms with van der Waals surface area (Å²) in [5, 5.41) is 0.687. The maximum Gasteiger partial charge on any atom is 0.261 e. The predicted molar refractivity (Wildman–Crippen MR) is 114 cm³/mol. The number of aromatic nitrogens is 4. The lowest BCUT2D eigenvalue weighted by Crippen LogP contribution is -2.31. The van der Waals surface area contributed by atoms with E-state index in [2.05, 4.69) is 14.9 Å². The number of hydrogen-bond donors (Lipinski definition) is 0. The maximum atomic E-state index is 14.8. The highest BCUT2D eigenvalue weighted by Crippen LogP contribution is 2.32. The minimum absolute atomic E-state index is 0.210. The van der Waals surface area contributed by atoms with Crippen LogP contribution in [-0.2, 0) is 20.0 Å². The molecule has 0 saturated carbocycles. The quantitative estimate of drug-likeness (QED) is 0.493. The van der Waals surface area contributed by atoms with E-state index in [4.69, 9.17) is 16.6 Å². The van der Waals surface area contributed by atoms with Gasteiger partial charge < -0.3 is 9.47 Å². The van der Waals surface area contributed by atoms with Crippen LogP contribution in [0.2, 0.25) is 5.02 Å². The molecule has 0 aliphatic carbocycles. The first kappa shape index (κ1) is 18.7. The molecule has 3 aromatic heterocycles. The number of hydrogen-bond acceptors (Lipinski definition) is 5. The van der Waals surface area contributed by atoms with Gasteiger partial charge in [-0.25, -0.2) is 14.4 Å². The predicted octanol–water partition coefficient (Wildman–Crippen LogP) is 3.75. The summed E-state index contributed by atoms with van der Waals surface area (Å²) in [6, 6.07) is 8.17. The summed E-state index contributed by atoms with van der Waals surface area (Å²) < 4.78 is 16.2. The molecule has 30 heavy (non-hydrogen) atoms. The maximum absolute atomic E-state index is 14.8. The Kier molecular flexibility index (Phi) is 4.47. The number of rotatable bonds is 2. The van der Waals surface area contributed by atoms with Crippen molar-refractivity contribution in [1.82, 2.24) is 19.5 Å². The summed E-state index contributed by atoms with van der Waals surface area (Å²) >= 11 is 5.93. The van der Waals surface area contributed by atoms with Gasteiger partial charge in [0.15, 0.2) is 0 Å². The molecule has 4 heterocycles. The van der Waals surface area contributed by atoms with Gasteiger partial charge in [0, 0.05) is 43.1 Å². The third-order valence-corrected chi connectivity index (χ3v) is 5.65. The Bertz CT molecular complexity index is 1350. The van der Waals surface area contributed by atoms with Crippen molar-refractivity contribution in [3.05, 3.63) is 81.4 Å². The zero-order chi connectivity index (χ0) is 20.8. The first-order chi connectivity index (χ1) is 14.5. The molecule has 4 aromatic rings. The third kappa shape index (κ3) is 3.11. The molecule has 6 nitrogen and oxygen atoms in total. The summed E-state index contributed by atoms with van der Waals surface area (Å²) in [4.78, 5) is 28.2. The van der Waals surface area contributed by atoms with Crippen LogP contribution in [0, 0.1) is 5.82 Å². The molecule has 0 atom stereocenters. The van der Waals surface area contributed by atoms with Crippen molar-refractivity contribution in [1.29, 1.82) is 0 Å². The van der Waals surface area contributed by atoms with Crippen molar-refractivity contribution in [3.63, 3.8) is 0 Å². The van der Waals surface area contributed by atoms with Crippen LogP contribution in [-0.4, -0.2) is 26.1 Å². The second-order valence-electron chi connectivity index (χ2n) is 7.33. The Hall–Kier alpha value is -3.32. The van der Waals surface area contributed by atoms with Gasteiger partial charge in [-0.05, 0) is 47.9 Å². The van der Waals surface area contributed by atoms with Crippen molar-refractivity contribution < 1.29 is 4.39 Å². The number of pyridine rings is 2. The van der Waals surface area contributed by atoms with Gasteiger partial charge in [-0.15, -0.1) is 0 Å². The fraction of sp³-hybridized carbons (Fsp3) is 0.182. The summed E-state index contributed by atoms with van der Waals surface area (Å²) in [6.45, 7) is 1.35. The molecule has 8 heteroatoms.